The Labute approximate surface area is 125 Å². The van der Waals surface area contributed by atoms with Crippen molar-refractivity contribution in [3.8, 4) is 0 Å². The van der Waals surface area contributed by atoms with Crippen molar-refractivity contribution >= 4 is 40.4 Å². The average Bonchev–Trinajstić information content (AvgIpc) is 2.75. The van der Waals surface area contributed by atoms with Gasteiger partial charge in [0.05, 0.1) is 9.91 Å². The van der Waals surface area contributed by atoms with Crippen LogP contribution in [-0.4, -0.2) is 34.2 Å². The van der Waals surface area contributed by atoms with Crippen molar-refractivity contribution in [2.75, 3.05) is 6.73 Å². The number of ether oxygens (including phenoxy) is 1. The van der Waals surface area contributed by atoms with Gasteiger partial charge in [-0.15, -0.1) is 11.3 Å². The molecule has 0 unspecified atom stereocenters. The van der Waals surface area contributed by atoms with Crippen molar-refractivity contribution < 1.29 is 19.4 Å². The highest BCUT2D eigenvalue weighted by Gasteiger charge is 2.42. The number of hydrogen-bond acceptors (Lipinski definition) is 4. The average molecular weight is 316 g/mol. The number of allylic oxidation sites excluding steroid dienone is 1. The summed E-state index contributed by atoms with van der Waals surface area (Å²) in [5.74, 6) is -0.969. The number of aliphatic carboxylic acids is 1. The van der Waals surface area contributed by atoms with Crippen LogP contribution in [0.5, 0.6) is 0 Å². The van der Waals surface area contributed by atoms with Crippen molar-refractivity contribution in [1.82, 2.24) is 4.90 Å². The summed E-state index contributed by atoms with van der Waals surface area (Å²) in [7, 11) is 0. The van der Waals surface area contributed by atoms with E-state index in [0.29, 0.717) is 20.5 Å². The maximum absolute atomic E-state index is 12.6. The number of amides is 1. The third-order valence-corrected chi connectivity index (χ3v) is 4.49. The smallest absolute Gasteiger partial charge is 0.329 e. The first kappa shape index (κ1) is 14.9. The molecule has 1 aliphatic heterocycles. The summed E-state index contributed by atoms with van der Waals surface area (Å²) in [6.45, 7) is 4.55. The number of rotatable bonds is 3. The number of thiophene rings is 1. The fraction of sp³-hybridized carbons (Fsp3) is 0.385. The van der Waals surface area contributed by atoms with Gasteiger partial charge in [-0.1, -0.05) is 11.6 Å². The lowest BCUT2D eigenvalue weighted by Gasteiger charge is -2.38. The first-order chi connectivity index (χ1) is 9.25. The van der Waals surface area contributed by atoms with Crippen molar-refractivity contribution in [1.29, 1.82) is 0 Å². The molecule has 0 spiro atoms. The van der Waals surface area contributed by atoms with Crippen molar-refractivity contribution in [3.63, 3.8) is 0 Å². The molecule has 0 saturated heterocycles. The summed E-state index contributed by atoms with van der Waals surface area (Å²) in [5.41, 5.74) is -0.980. The van der Waals surface area contributed by atoms with E-state index in [-0.39, 0.29) is 12.6 Å². The van der Waals surface area contributed by atoms with Gasteiger partial charge >= 0.3 is 5.97 Å². The Kier molecular flexibility index (Phi) is 3.80. The van der Waals surface area contributed by atoms with Crippen LogP contribution in [0.3, 0.4) is 0 Å². The van der Waals surface area contributed by atoms with Crippen molar-refractivity contribution in [2.24, 2.45) is 0 Å². The van der Waals surface area contributed by atoms with Crippen molar-refractivity contribution in [3.05, 3.63) is 27.1 Å². The minimum absolute atomic E-state index is 0.0768. The van der Waals surface area contributed by atoms with Gasteiger partial charge in [0.1, 0.15) is 11.3 Å². The standard InChI is InChI=1S/C13H14ClNO4S/c1-7-10(8-4-5-9(14)20-8)11(16)15(6-19-7)13(2,3)12(17)18/h4-5H,6H2,1-3H3,(H,17,18). The van der Waals surface area contributed by atoms with Gasteiger partial charge in [-0.2, -0.15) is 0 Å². The maximum Gasteiger partial charge on any atom is 0.329 e. The van der Waals surface area contributed by atoms with Crippen molar-refractivity contribution in [2.45, 2.75) is 26.3 Å². The van der Waals surface area contributed by atoms with Gasteiger partial charge in [0, 0.05) is 4.88 Å². The van der Waals surface area contributed by atoms with Crippen LogP contribution < -0.4 is 0 Å². The summed E-state index contributed by atoms with van der Waals surface area (Å²) in [4.78, 5) is 25.8. The summed E-state index contributed by atoms with van der Waals surface area (Å²) in [6, 6.07) is 3.42. The third-order valence-electron chi connectivity index (χ3n) is 3.24. The molecule has 2 rings (SSSR count). The summed E-state index contributed by atoms with van der Waals surface area (Å²) < 4.78 is 6.02. The predicted molar refractivity (Wildman–Crippen MR) is 76.4 cm³/mol. The minimum atomic E-state index is -1.34. The van der Waals surface area contributed by atoms with Gasteiger partial charge in [0.2, 0.25) is 0 Å². The number of carboxylic acid groups (broad SMARTS) is 1. The van der Waals surface area contributed by atoms with E-state index in [1.165, 1.54) is 30.1 Å². The molecule has 0 saturated carbocycles. The van der Waals surface area contributed by atoms with E-state index in [1.807, 2.05) is 0 Å². The molecule has 0 aliphatic carbocycles. The first-order valence-corrected chi connectivity index (χ1v) is 7.09. The van der Waals surface area contributed by atoms with E-state index in [9.17, 15) is 14.7 Å². The van der Waals surface area contributed by atoms with Gasteiger partial charge in [0.15, 0.2) is 6.73 Å². The molecule has 0 atom stereocenters. The number of halogens is 1. The van der Waals surface area contributed by atoms with Gasteiger partial charge in [0.25, 0.3) is 5.91 Å². The molecule has 0 aromatic carbocycles. The zero-order valence-electron chi connectivity index (χ0n) is 11.3. The largest absolute Gasteiger partial charge is 0.480 e. The highest BCUT2D eigenvalue weighted by atomic mass is 35.5. The molecule has 0 fully saturated rings. The Hall–Kier alpha value is -1.53. The molecule has 2 heterocycles. The van der Waals surface area contributed by atoms with Crippen LogP contribution in [0.1, 0.15) is 25.6 Å². The number of carbonyl (C=O) groups excluding carboxylic acids is 1. The van der Waals surface area contributed by atoms with Gasteiger partial charge in [-0.3, -0.25) is 9.69 Å². The molecule has 7 heteroatoms. The highest BCUT2D eigenvalue weighted by molar-refractivity contribution is 7.17. The molecule has 1 N–H and O–H groups in total. The second-order valence-corrected chi connectivity index (χ2v) is 6.62. The summed E-state index contributed by atoms with van der Waals surface area (Å²) in [6.07, 6.45) is 0. The number of carboxylic acids is 1. The fourth-order valence-corrected chi connectivity index (χ4v) is 2.96. The van der Waals surface area contributed by atoms with Crippen LogP contribution in [0, 0.1) is 0 Å². The molecule has 1 aromatic heterocycles. The van der Waals surface area contributed by atoms with E-state index in [1.54, 1.807) is 19.1 Å². The third kappa shape index (κ3) is 2.41. The Balaban J connectivity index is 2.43. The molecule has 1 aromatic rings. The normalized spacial score (nSPS) is 16.4. The van der Waals surface area contributed by atoms with Gasteiger partial charge in [-0.25, -0.2) is 4.79 Å². The summed E-state index contributed by atoms with van der Waals surface area (Å²) in [5, 5.41) is 9.25. The monoisotopic (exact) mass is 315 g/mol. The Morgan fingerprint density at radius 2 is 2.15 bits per heavy atom. The van der Waals surface area contributed by atoms with Crippen LogP contribution in [0.25, 0.3) is 5.57 Å². The molecule has 20 heavy (non-hydrogen) atoms. The zero-order chi connectivity index (χ0) is 15.1. The quantitative estimate of drug-likeness (QED) is 0.931. The molecular formula is C13H14ClNO4S. The molecule has 108 valence electrons. The SMILES string of the molecule is CC1=C(c2ccc(Cl)s2)C(=O)N(C(C)(C)C(=O)O)CO1. The Bertz CT molecular complexity index is 605. The van der Waals surface area contributed by atoms with Crippen LogP contribution in [-0.2, 0) is 14.3 Å². The fourth-order valence-electron chi connectivity index (χ4n) is 1.84. The molecular weight excluding hydrogens is 302 g/mol. The van der Waals surface area contributed by atoms with Crippen LogP contribution in [0.4, 0.5) is 0 Å². The number of carbonyl (C=O) groups is 2. The lowest BCUT2D eigenvalue weighted by atomic mass is 10.0. The lowest BCUT2D eigenvalue weighted by Crippen LogP contribution is -2.55. The van der Waals surface area contributed by atoms with E-state index >= 15 is 0 Å². The molecule has 5 nitrogen and oxygen atoms in total. The second kappa shape index (κ2) is 5.10. The maximum atomic E-state index is 12.6. The first-order valence-electron chi connectivity index (χ1n) is 5.90. The second-order valence-electron chi connectivity index (χ2n) is 4.91. The highest BCUT2D eigenvalue weighted by Crippen LogP contribution is 2.35. The molecule has 0 bridgehead atoms. The number of nitrogens with zero attached hydrogens (tertiary/aromatic N) is 1. The van der Waals surface area contributed by atoms with E-state index in [0.717, 1.165) is 0 Å². The Morgan fingerprint density at radius 3 is 2.65 bits per heavy atom. The van der Waals surface area contributed by atoms with E-state index < -0.39 is 11.5 Å². The minimum Gasteiger partial charge on any atom is -0.480 e. The van der Waals surface area contributed by atoms with Crippen LogP contribution in [0.15, 0.2) is 17.9 Å². The van der Waals surface area contributed by atoms with Gasteiger partial charge in [-0.05, 0) is 32.9 Å². The molecule has 1 aliphatic rings. The van der Waals surface area contributed by atoms with Gasteiger partial charge < -0.3 is 9.84 Å². The van der Waals surface area contributed by atoms with E-state index in [4.69, 9.17) is 16.3 Å². The predicted octanol–water partition coefficient (Wildman–Crippen LogP) is 2.81. The zero-order valence-corrected chi connectivity index (χ0v) is 12.8. The van der Waals surface area contributed by atoms with Crippen LogP contribution in [0.2, 0.25) is 4.34 Å². The summed E-state index contributed by atoms with van der Waals surface area (Å²) >= 11 is 7.14. The number of hydrogen-bond donors (Lipinski definition) is 1. The molecule has 0 radical (unpaired) electrons. The van der Waals surface area contributed by atoms with E-state index in [2.05, 4.69) is 0 Å². The topological polar surface area (TPSA) is 66.8 Å². The molecule has 1 amide bonds. The Morgan fingerprint density at radius 1 is 1.50 bits per heavy atom. The lowest BCUT2D eigenvalue weighted by molar-refractivity contribution is -0.160. The van der Waals surface area contributed by atoms with Crippen LogP contribution >= 0.6 is 22.9 Å².